The van der Waals surface area contributed by atoms with Crippen LogP contribution in [0, 0.1) is 18.9 Å². The van der Waals surface area contributed by atoms with Crippen molar-refractivity contribution < 1.29 is 4.39 Å². The van der Waals surface area contributed by atoms with E-state index in [0.29, 0.717) is 5.69 Å². The van der Waals surface area contributed by atoms with E-state index < -0.39 is 5.95 Å². The Balaban J connectivity index is 2.53. The van der Waals surface area contributed by atoms with Crippen molar-refractivity contribution >= 4 is 0 Å². The molecule has 0 N–H and O–H groups in total. The predicted octanol–water partition coefficient (Wildman–Crippen LogP) is 3.00. The monoisotopic (exact) mass is 186 g/mol. The standard InChI is InChI=1S/C12H9FN/c1-9-11(7-8-12(13)14-9)10-5-3-2-4-6-10/h3-8H,1H3. The van der Waals surface area contributed by atoms with Crippen molar-refractivity contribution in [3.8, 4) is 11.1 Å². The molecular formula is C12H9FN. The Kier molecular flexibility index (Phi) is 2.27. The molecule has 2 heteroatoms. The first-order valence-corrected chi connectivity index (χ1v) is 4.37. The summed E-state index contributed by atoms with van der Waals surface area (Å²) in [5.41, 5.74) is 2.70. The number of aromatic nitrogens is 1. The molecule has 0 aliphatic heterocycles. The highest BCUT2D eigenvalue weighted by atomic mass is 19.1. The molecule has 1 aromatic heterocycles. The zero-order valence-electron chi connectivity index (χ0n) is 7.79. The summed E-state index contributed by atoms with van der Waals surface area (Å²) in [5.74, 6) is -0.436. The van der Waals surface area contributed by atoms with Crippen LogP contribution in [0.2, 0.25) is 0 Å². The molecule has 0 fully saturated rings. The summed E-state index contributed by atoms with van der Waals surface area (Å²) in [4.78, 5) is 3.77. The van der Waals surface area contributed by atoms with Gasteiger partial charge in [-0.1, -0.05) is 24.3 Å². The highest BCUT2D eigenvalue weighted by Crippen LogP contribution is 2.21. The largest absolute Gasteiger partial charge is 0.224 e. The summed E-state index contributed by atoms with van der Waals surface area (Å²) in [5, 5.41) is 0. The van der Waals surface area contributed by atoms with Crippen molar-refractivity contribution in [2.24, 2.45) is 0 Å². The van der Waals surface area contributed by atoms with Crippen LogP contribution in [0.5, 0.6) is 0 Å². The molecule has 14 heavy (non-hydrogen) atoms. The fraction of sp³-hybridized carbons (Fsp3) is 0.0833. The van der Waals surface area contributed by atoms with Gasteiger partial charge >= 0.3 is 0 Å². The third kappa shape index (κ3) is 1.64. The van der Waals surface area contributed by atoms with E-state index in [9.17, 15) is 4.39 Å². The van der Waals surface area contributed by atoms with Crippen molar-refractivity contribution in [1.82, 2.24) is 4.98 Å². The summed E-state index contributed by atoms with van der Waals surface area (Å²) in [7, 11) is 0. The van der Waals surface area contributed by atoms with Gasteiger partial charge in [0.1, 0.15) is 0 Å². The van der Waals surface area contributed by atoms with E-state index in [0.717, 1.165) is 11.1 Å². The van der Waals surface area contributed by atoms with Crippen LogP contribution in [0.1, 0.15) is 5.69 Å². The zero-order valence-corrected chi connectivity index (χ0v) is 7.79. The maximum atomic E-state index is 12.7. The Morgan fingerprint density at radius 3 is 2.50 bits per heavy atom. The molecule has 0 saturated heterocycles. The third-order valence-corrected chi connectivity index (χ3v) is 2.08. The van der Waals surface area contributed by atoms with Crippen LogP contribution in [0.25, 0.3) is 11.1 Å². The Morgan fingerprint density at radius 2 is 1.86 bits per heavy atom. The second-order valence-electron chi connectivity index (χ2n) is 3.06. The van der Waals surface area contributed by atoms with Gasteiger partial charge in [0.2, 0.25) is 5.95 Å². The second-order valence-corrected chi connectivity index (χ2v) is 3.06. The minimum Gasteiger partial charge on any atom is -0.224 e. The van der Waals surface area contributed by atoms with Gasteiger partial charge in [-0.15, -0.1) is 0 Å². The van der Waals surface area contributed by atoms with Crippen molar-refractivity contribution in [1.29, 1.82) is 0 Å². The van der Waals surface area contributed by atoms with Gasteiger partial charge in [-0.05, 0) is 30.7 Å². The molecule has 1 radical (unpaired) electrons. The van der Waals surface area contributed by atoms with E-state index in [-0.39, 0.29) is 0 Å². The topological polar surface area (TPSA) is 12.9 Å². The first kappa shape index (κ1) is 8.88. The molecule has 0 aliphatic rings. The van der Waals surface area contributed by atoms with Gasteiger partial charge in [0.25, 0.3) is 0 Å². The minimum atomic E-state index is -0.436. The van der Waals surface area contributed by atoms with Crippen LogP contribution in [-0.4, -0.2) is 4.98 Å². The molecule has 0 spiro atoms. The van der Waals surface area contributed by atoms with Gasteiger partial charge in [0.05, 0.1) is 0 Å². The van der Waals surface area contributed by atoms with Crippen LogP contribution in [0.15, 0.2) is 36.4 Å². The van der Waals surface area contributed by atoms with Gasteiger partial charge in [-0.3, -0.25) is 0 Å². The predicted molar refractivity (Wildman–Crippen MR) is 53.2 cm³/mol. The van der Waals surface area contributed by atoms with Gasteiger partial charge in [0.15, 0.2) is 0 Å². The Hall–Kier alpha value is -1.70. The fourth-order valence-electron chi connectivity index (χ4n) is 1.40. The minimum absolute atomic E-state index is 0.436. The molecule has 0 unspecified atom stereocenters. The number of hydrogen-bond acceptors (Lipinski definition) is 1. The average molecular weight is 186 g/mol. The molecule has 69 valence electrons. The average Bonchev–Trinajstić information content (AvgIpc) is 2.19. The van der Waals surface area contributed by atoms with Crippen LogP contribution in [0.4, 0.5) is 4.39 Å². The van der Waals surface area contributed by atoms with E-state index in [4.69, 9.17) is 0 Å². The van der Waals surface area contributed by atoms with Gasteiger partial charge in [0, 0.05) is 11.3 Å². The van der Waals surface area contributed by atoms with E-state index >= 15 is 0 Å². The van der Waals surface area contributed by atoms with E-state index in [1.165, 1.54) is 6.07 Å². The second kappa shape index (κ2) is 3.58. The van der Waals surface area contributed by atoms with Crippen LogP contribution < -0.4 is 0 Å². The normalized spacial score (nSPS) is 10.1. The number of halogens is 1. The van der Waals surface area contributed by atoms with Crippen molar-refractivity contribution in [2.75, 3.05) is 0 Å². The van der Waals surface area contributed by atoms with Crippen molar-refractivity contribution in [3.63, 3.8) is 0 Å². The number of aryl methyl sites for hydroxylation is 1. The maximum Gasteiger partial charge on any atom is 0.213 e. The SMILES string of the molecule is Cc1nc(F)ccc1-c1cc[c]cc1. The van der Waals surface area contributed by atoms with Gasteiger partial charge in [-0.25, -0.2) is 4.98 Å². The number of benzene rings is 1. The van der Waals surface area contributed by atoms with E-state index in [1.807, 2.05) is 24.3 Å². The third-order valence-electron chi connectivity index (χ3n) is 2.08. The molecule has 2 rings (SSSR count). The summed E-state index contributed by atoms with van der Waals surface area (Å²) >= 11 is 0. The quantitative estimate of drug-likeness (QED) is 0.624. The van der Waals surface area contributed by atoms with Crippen LogP contribution in [0.3, 0.4) is 0 Å². The highest BCUT2D eigenvalue weighted by molar-refractivity contribution is 5.65. The molecule has 1 heterocycles. The molecule has 0 atom stereocenters. The number of hydrogen-bond donors (Lipinski definition) is 0. The number of nitrogens with zero attached hydrogens (tertiary/aromatic N) is 1. The molecule has 0 bridgehead atoms. The Morgan fingerprint density at radius 1 is 1.14 bits per heavy atom. The van der Waals surface area contributed by atoms with Crippen LogP contribution in [-0.2, 0) is 0 Å². The van der Waals surface area contributed by atoms with Crippen molar-refractivity contribution in [3.05, 3.63) is 54.1 Å². The summed E-state index contributed by atoms with van der Waals surface area (Å²) in [6.45, 7) is 1.80. The summed E-state index contributed by atoms with van der Waals surface area (Å²) in [6, 6.07) is 13.6. The lowest BCUT2D eigenvalue weighted by Crippen LogP contribution is -1.90. The fourth-order valence-corrected chi connectivity index (χ4v) is 1.40. The number of rotatable bonds is 1. The maximum absolute atomic E-state index is 12.7. The molecule has 0 aliphatic carbocycles. The van der Waals surface area contributed by atoms with E-state index in [1.54, 1.807) is 13.0 Å². The van der Waals surface area contributed by atoms with Gasteiger partial charge < -0.3 is 0 Å². The lowest BCUT2D eigenvalue weighted by atomic mass is 10.1. The lowest BCUT2D eigenvalue weighted by Gasteiger charge is -2.04. The first-order valence-electron chi connectivity index (χ1n) is 4.37. The first-order chi connectivity index (χ1) is 6.77. The molecule has 2 aromatic rings. The van der Waals surface area contributed by atoms with Crippen molar-refractivity contribution in [2.45, 2.75) is 6.92 Å². The highest BCUT2D eigenvalue weighted by Gasteiger charge is 2.02. The van der Waals surface area contributed by atoms with Crippen LogP contribution >= 0.6 is 0 Å². The Labute approximate surface area is 82.2 Å². The molecule has 1 nitrogen and oxygen atoms in total. The van der Waals surface area contributed by atoms with E-state index in [2.05, 4.69) is 11.1 Å². The Bertz CT molecular complexity index is 437. The summed E-state index contributed by atoms with van der Waals surface area (Å²) in [6.07, 6.45) is 0. The molecule has 0 amide bonds. The summed E-state index contributed by atoms with van der Waals surface area (Å²) < 4.78 is 12.7. The zero-order chi connectivity index (χ0) is 9.97. The molecule has 0 saturated carbocycles. The smallest absolute Gasteiger partial charge is 0.213 e. The molecule has 1 aromatic carbocycles. The molecular weight excluding hydrogens is 177 g/mol. The number of pyridine rings is 1. The lowest BCUT2D eigenvalue weighted by molar-refractivity contribution is 0.580. The van der Waals surface area contributed by atoms with Gasteiger partial charge in [-0.2, -0.15) is 4.39 Å².